The zero-order chi connectivity index (χ0) is 11.4. The molecular formula is C10H10N4O2. The van der Waals surface area contributed by atoms with Gasteiger partial charge in [0.25, 0.3) is 0 Å². The molecule has 6 nitrogen and oxygen atoms in total. The van der Waals surface area contributed by atoms with Gasteiger partial charge >= 0.3 is 0 Å². The third-order valence-electron chi connectivity index (χ3n) is 2.22. The van der Waals surface area contributed by atoms with E-state index in [0.717, 1.165) is 11.8 Å². The number of aromatic nitrogens is 4. The SMILES string of the molecule is COC(c1ccccc1C=O)n1cnnn1. The zero-order valence-electron chi connectivity index (χ0n) is 8.65. The Morgan fingerprint density at radius 2 is 2.25 bits per heavy atom. The standard InChI is InChI=1S/C10H10N4O2/c1-16-10(14-7-11-12-13-14)9-5-3-2-4-8(9)6-15/h2-7,10H,1H3. The molecule has 1 atom stereocenters. The van der Waals surface area contributed by atoms with E-state index in [0.29, 0.717) is 5.56 Å². The van der Waals surface area contributed by atoms with Crippen LogP contribution in [0.15, 0.2) is 30.6 Å². The first kappa shape index (κ1) is 10.4. The maximum atomic E-state index is 10.9. The minimum atomic E-state index is -0.489. The van der Waals surface area contributed by atoms with Crippen molar-refractivity contribution in [3.63, 3.8) is 0 Å². The van der Waals surface area contributed by atoms with Gasteiger partial charge in [-0.05, 0) is 10.4 Å². The molecule has 0 saturated heterocycles. The molecule has 0 radical (unpaired) electrons. The molecule has 1 heterocycles. The summed E-state index contributed by atoms with van der Waals surface area (Å²) in [6.45, 7) is 0. The fraction of sp³-hybridized carbons (Fsp3) is 0.200. The summed E-state index contributed by atoms with van der Waals surface area (Å²) in [5.41, 5.74) is 1.29. The van der Waals surface area contributed by atoms with Crippen molar-refractivity contribution in [3.8, 4) is 0 Å². The topological polar surface area (TPSA) is 69.9 Å². The fourth-order valence-corrected chi connectivity index (χ4v) is 1.50. The highest BCUT2D eigenvalue weighted by molar-refractivity contribution is 5.77. The van der Waals surface area contributed by atoms with E-state index in [4.69, 9.17) is 4.74 Å². The first-order valence-corrected chi connectivity index (χ1v) is 4.66. The molecule has 2 aromatic rings. The van der Waals surface area contributed by atoms with Gasteiger partial charge in [0.15, 0.2) is 6.23 Å². The molecule has 0 aliphatic heterocycles. The third-order valence-corrected chi connectivity index (χ3v) is 2.22. The van der Waals surface area contributed by atoms with E-state index in [1.807, 2.05) is 6.07 Å². The predicted octanol–water partition coefficient (Wildman–Crippen LogP) is 0.679. The van der Waals surface area contributed by atoms with Crippen LogP contribution in [-0.4, -0.2) is 33.6 Å². The molecule has 0 fully saturated rings. The van der Waals surface area contributed by atoms with Crippen LogP contribution in [0.25, 0.3) is 0 Å². The van der Waals surface area contributed by atoms with Gasteiger partial charge in [-0.1, -0.05) is 24.3 Å². The lowest BCUT2D eigenvalue weighted by atomic mass is 10.1. The van der Waals surface area contributed by atoms with Gasteiger partial charge < -0.3 is 4.74 Å². The first-order chi connectivity index (χ1) is 7.86. The highest BCUT2D eigenvalue weighted by Gasteiger charge is 2.16. The summed E-state index contributed by atoms with van der Waals surface area (Å²) in [6.07, 6.45) is 1.73. The molecule has 0 N–H and O–H groups in total. The maximum absolute atomic E-state index is 10.9. The van der Waals surface area contributed by atoms with Crippen LogP contribution in [0, 0.1) is 0 Å². The van der Waals surface area contributed by atoms with Crippen molar-refractivity contribution >= 4 is 6.29 Å². The summed E-state index contributed by atoms with van der Waals surface area (Å²) in [4.78, 5) is 10.9. The Morgan fingerprint density at radius 3 is 2.88 bits per heavy atom. The lowest BCUT2D eigenvalue weighted by molar-refractivity contribution is 0.0655. The van der Waals surface area contributed by atoms with Gasteiger partial charge in [0, 0.05) is 18.2 Å². The summed E-state index contributed by atoms with van der Waals surface area (Å²) < 4.78 is 6.73. The van der Waals surface area contributed by atoms with Crippen molar-refractivity contribution in [2.75, 3.05) is 7.11 Å². The van der Waals surface area contributed by atoms with Crippen molar-refractivity contribution in [2.24, 2.45) is 0 Å². The third kappa shape index (κ3) is 1.82. The Balaban J connectivity index is 2.44. The van der Waals surface area contributed by atoms with Gasteiger partial charge in [-0.15, -0.1) is 5.10 Å². The Labute approximate surface area is 91.8 Å². The summed E-state index contributed by atoms with van der Waals surface area (Å²) in [6, 6.07) is 7.15. The molecule has 0 amide bonds. The second-order valence-electron chi connectivity index (χ2n) is 3.12. The molecule has 0 saturated carbocycles. The molecule has 82 valence electrons. The van der Waals surface area contributed by atoms with Crippen molar-refractivity contribution in [2.45, 2.75) is 6.23 Å². The number of ether oxygens (including phenoxy) is 1. The normalized spacial score (nSPS) is 12.3. The minimum absolute atomic E-state index is 0.489. The Hall–Kier alpha value is -2.08. The molecule has 0 bridgehead atoms. The number of hydrogen-bond donors (Lipinski definition) is 0. The summed E-state index contributed by atoms with van der Waals surface area (Å²) in [5.74, 6) is 0. The Morgan fingerprint density at radius 1 is 1.44 bits per heavy atom. The number of carbonyl (C=O) groups excluding carboxylic acids is 1. The number of hydrogen-bond acceptors (Lipinski definition) is 5. The van der Waals surface area contributed by atoms with E-state index >= 15 is 0 Å². The van der Waals surface area contributed by atoms with Crippen LogP contribution in [0.2, 0.25) is 0 Å². The van der Waals surface area contributed by atoms with E-state index in [9.17, 15) is 4.79 Å². The van der Waals surface area contributed by atoms with Crippen molar-refractivity contribution in [1.82, 2.24) is 20.2 Å². The number of benzene rings is 1. The van der Waals surface area contributed by atoms with Crippen molar-refractivity contribution in [3.05, 3.63) is 41.7 Å². The van der Waals surface area contributed by atoms with Gasteiger partial charge in [0.05, 0.1) is 0 Å². The molecule has 1 aromatic carbocycles. The molecule has 6 heteroatoms. The molecule has 0 spiro atoms. The fourth-order valence-electron chi connectivity index (χ4n) is 1.50. The maximum Gasteiger partial charge on any atom is 0.179 e. The van der Waals surface area contributed by atoms with Gasteiger partial charge in [0.1, 0.15) is 12.6 Å². The molecule has 1 aromatic heterocycles. The highest BCUT2D eigenvalue weighted by Crippen LogP contribution is 2.20. The van der Waals surface area contributed by atoms with Crippen LogP contribution in [0.3, 0.4) is 0 Å². The van der Waals surface area contributed by atoms with Crippen LogP contribution in [0.1, 0.15) is 22.1 Å². The smallest absolute Gasteiger partial charge is 0.179 e. The van der Waals surface area contributed by atoms with Crippen LogP contribution in [0.4, 0.5) is 0 Å². The molecule has 0 aliphatic carbocycles. The zero-order valence-corrected chi connectivity index (χ0v) is 8.65. The van der Waals surface area contributed by atoms with Crippen LogP contribution in [0.5, 0.6) is 0 Å². The quantitative estimate of drug-likeness (QED) is 0.706. The van der Waals surface area contributed by atoms with E-state index in [1.54, 1.807) is 18.2 Å². The monoisotopic (exact) mass is 218 g/mol. The summed E-state index contributed by atoms with van der Waals surface area (Å²) in [5, 5.41) is 10.8. The van der Waals surface area contributed by atoms with Crippen molar-refractivity contribution < 1.29 is 9.53 Å². The van der Waals surface area contributed by atoms with Gasteiger partial charge in [-0.2, -0.15) is 4.68 Å². The average molecular weight is 218 g/mol. The number of carbonyl (C=O) groups is 1. The van der Waals surface area contributed by atoms with E-state index < -0.39 is 6.23 Å². The second-order valence-corrected chi connectivity index (χ2v) is 3.12. The molecule has 16 heavy (non-hydrogen) atoms. The molecule has 0 aliphatic rings. The van der Waals surface area contributed by atoms with Gasteiger partial charge in [0.2, 0.25) is 0 Å². The van der Waals surface area contributed by atoms with Gasteiger partial charge in [-0.25, -0.2) is 0 Å². The second kappa shape index (κ2) is 4.63. The number of tetrazole rings is 1. The highest BCUT2D eigenvalue weighted by atomic mass is 16.5. The molecule has 2 rings (SSSR count). The van der Waals surface area contributed by atoms with Crippen molar-refractivity contribution in [1.29, 1.82) is 0 Å². The predicted molar refractivity (Wildman–Crippen MR) is 54.8 cm³/mol. The molecule has 1 unspecified atom stereocenters. The largest absolute Gasteiger partial charge is 0.355 e. The molecular weight excluding hydrogens is 208 g/mol. The number of methoxy groups -OCH3 is 1. The Kier molecular flexibility index (Phi) is 3.02. The van der Waals surface area contributed by atoms with Gasteiger partial charge in [-0.3, -0.25) is 4.79 Å². The van der Waals surface area contributed by atoms with Crippen LogP contribution in [-0.2, 0) is 4.74 Å². The van der Waals surface area contributed by atoms with E-state index in [-0.39, 0.29) is 0 Å². The number of nitrogens with zero attached hydrogens (tertiary/aromatic N) is 4. The first-order valence-electron chi connectivity index (χ1n) is 4.66. The van der Waals surface area contributed by atoms with Crippen LogP contribution < -0.4 is 0 Å². The Bertz CT molecular complexity index is 469. The lowest BCUT2D eigenvalue weighted by Gasteiger charge is -2.16. The number of aldehydes is 1. The van der Waals surface area contributed by atoms with E-state index in [1.165, 1.54) is 18.1 Å². The lowest BCUT2D eigenvalue weighted by Crippen LogP contribution is -2.15. The number of rotatable bonds is 4. The van der Waals surface area contributed by atoms with Crippen LogP contribution >= 0.6 is 0 Å². The minimum Gasteiger partial charge on any atom is -0.355 e. The van der Waals surface area contributed by atoms with E-state index in [2.05, 4.69) is 15.5 Å². The summed E-state index contributed by atoms with van der Waals surface area (Å²) >= 11 is 0. The summed E-state index contributed by atoms with van der Waals surface area (Å²) in [7, 11) is 1.54. The average Bonchev–Trinajstić information content (AvgIpc) is 2.84.